The van der Waals surface area contributed by atoms with Gasteiger partial charge in [0.15, 0.2) is 0 Å². The van der Waals surface area contributed by atoms with Crippen molar-refractivity contribution >= 4 is 28.5 Å². The molecule has 2 aromatic rings. The Kier molecular flexibility index (Phi) is 9.72. The number of aromatic hydroxyl groups is 1. The molecule has 0 fully saturated rings. The molecule has 2 rings (SSSR count). The third-order valence-electron chi connectivity index (χ3n) is 4.73. The molecule has 1 N–H and O–H groups in total. The SMILES string of the molecule is C[N-]Cc1cccc(C)c1Pc1cc(C(C)(C)C)cc(C(C)(C)C)c1O.[Cl][Ti+]. The van der Waals surface area contributed by atoms with Crippen molar-refractivity contribution in [2.75, 3.05) is 7.05 Å². The number of halogens is 1. The second-order valence-corrected chi connectivity index (χ2v) is 10.4. The minimum absolute atomic E-state index is 0.0419. The van der Waals surface area contributed by atoms with Gasteiger partial charge in [-0.05, 0) is 40.3 Å². The zero-order chi connectivity index (χ0) is 21.7. The Hall–Kier alpha value is -0.366. The Labute approximate surface area is 188 Å². The molecular weight excluding hydrogens is 421 g/mol. The molecule has 0 amide bonds. The first kappa shape index (κ1) is 25.7. The Bertz CT molecular complexity index is 794. The molecule has 2 aromatic carbocycles. The van der Waals surface area contributed by atoms with Crippen LogP contribution in [0.3, 0.4) is 0 Å². The fourth-order valence-corrected chi connectivity index (χ4v) is 4.43. The van der Waals surface area contributed by atoms with Gasteiger partial charge in [0.25, 0.3) is 0 Å². The van der Waals surface area contributed by atoms with E-state index in [1.807, 2.05) is 7.05 Å². The van der Waals surface area contributed by atoms with E-state index in [2.05, 4.69) is 93.4 Å². The van der Waals surface area contributed by atoms with Crippen molar-refractivity contribution in [2.24, 2.45) is 0 Å². The van der Waals surface area contributed by atoms with Gasteiger partial charge in [-0.1, -0.05) is 80.0 Å². The van der Waals surface area contributed by atoms with Crippen molar-refractivity contribution in [3.05, 3.63) is 57.9 Å². The van der Waals surface area contributed by atoms with Gasteiger partial charge in [0.1, 0.15) is 5.75 Å². The zero-order valence-electron chi connectivity index (χ0n) is 18.4. The first-order valence-electron chi connectivity index (χ1n) is 9.43. The van der Waals surface area contributed by atoms with Crippen molar-refractivity contribution in [1.82, 2.24) is 0 Å². The number of aryl methyl sites for hydroxylation is 1. The number of benzene rings is 2. The molecule has 0 aliphatic carbocycles. The average molecular weight is 454 g/mol. The molecule has 0 aliphatic rings. The summed E-state index contributed by atoms with van der Waals surface area (Å²) in [5.41, 5.74) is 4.77. The number of phenolic OH excluding ortho intramolecular Hbond substituents is 1. The van der Waals surface area contributed by atoms with Crippen molar-refractivity contribution in [2.45, 2.75) is 65.8 Å². The van der Waals surface area contributed by atoms with Gasteiger partial charge < -0.3 is 10.4 Å². The van der Waals surface area contributed by atoms with Crippen LogP contribution in [-0.4, -0.2) is 12.2 Å². The predicted octanol–water partition coefficient (Wildman–Crippen LogP) is 6.12. The Morgan fingerprint density at radius 2 is 1.64 bits per heavy atom. The quantitative estimate of drug-likeness (QED) is 0.439. The molecule has 0 saturated carbocycles. The first-order valence-corrected chi connectivity index (χ1v) is 12.6. The maximum atomic E-state index is 11.1. The van der Waals surface area contributed by atoms with Gasteiger partial charge >= 0.3 is 28.7 Å². The van der Waals surface area contributed by atoms with Gasteiger partial charge in [-0.3, -0.25) is 0 Å². The Balaban J connectivity index is 0.00000190. The number of hydrogen-bond acceptors (Lipinski definition) is 1. The molecule has 0 saturated heterocycles. The Morgan fingerprint density at radius 3 is 2.14 bits per heavy atom. The van der Waals surface area contributed by atoms with E-state index in [-0.39, 0.29) is 10.8 Å². The monoisotopic (exact) mass is 453 g/mol. The van der Waals surface area contributed by atoms with Crippen LogP contribution in [0.5, 0.6) is 5.75 Å². The molecule has 1 unspecified atom stereocenters. The molecule has 0 bridgehead atoms. The van der Waals surface area contributed by atoms with E-state index in [0.29, 0.717) is 14.3 Å². The molecule has 0 radical (unpaired) electrons. The molecule has 1 atom stereocenters. The van der Waals surface area contributed by atoms with E-state index >= 15 is 0 Å². The van der Waals surface area contributed by atoms with E-state index in [4.69, 9.17) is 0 Å². The van der Waals surface area contributed by atoms with Gasteiger partial charge in [-0.25, -0.2) is 0 Å². The first-order chi connectivity index (χ1) is 12.9. The average Bonchev–Trinajstić information content (AvgIpc) is 2.59. The van der Waals surface area contributed by atoms with Crippen molar-refractivity contribution in [1.29, 1.82) is 0 Å². The predicted molar refractivity (Wildman–Crippen MR) is 123 cm³/mol. The molecular formula is C23H33ClNOPTi. The molecule has 5 heteroatoms. The van der Waals surface area contributed by atoms with Crippen LogP contribution in [0.4, 0.5) is 0 Å². The summed E-state index contributed by atoms with van der Waals surface area (Å²) in [6.45, 7) is 16.0. The van der Waals surface area contributed by atoms with Gasteiger partial charge in [-0.2, -0.15) is 7.05 Å². The molecule has 0 aliphatic heterocycles. The van der Waals surface area contributed by atoms with Crippen LogP contribution in [-0.2, 0) is 36.7 Å². The molecule has 28 heavy (non-hydrogen) atoms. The summed E-state index contributed by atoms with van der Waals surface area (Å²) in [6.07, 6.45) is 0. The molecule has 0 spiro atoms. The van der Waals surface area contributed by atoms with E-state index in [9.17, 15) is 5.11 Å². The number of nitrogens with zero attached hydrogens (tertiary/aromatic N) is 1. The molecule has 0 heterocycles. The number of phenols is 1. The van der Waals surface area contributed by atoms with Crippen molar-refractivity contribution in [3.63, 3.8) is 0 Å². The summed E-state index contributed by atoms with van der Waals surface area (Å²) in [7, 11) is 6.91. The maximum absolute atomic E-state index is 11.1. The topological polar surface area (TPSA) is 34.3 Å². The van der Waals surface area contributed by atoms with Gasteiger partial charge in [0.05, 0.1) is 0 Å². The number of rotatable bonds is 4. The summed E-state index contributed by atoms with van der Waals surface area (Å²) < 4.78 is 0. The summed E-state index contributed by atoms with van der Waals surface area (Å²) >= 11 is 1.47. The number of hydrogen-bond donors (Lipinski definition) is 1. The van der Waals surface area contributed by atoms with Crippen LogP contribution in [0, 0.1) is 6.92 Å². The summed E-state index contributed by atoms with van der Waals surface area (Å²) in [5.74, 6) is 0.450. The summed E-state index contributed by atoms with van der Waals surface area (Å²) in [5, 5.41) is 17.7. The summed E-state index contributed by atoms with van der Waals surface area (Å²) in [4.78, 5) is 0. The van der Waals surface area contributed by atoms with Crippen LogP contribution in [0.1, 0.15) is 63.8 Å². The third-order valence-corrected chi connectivity index (χ3v) is 6.35. The molecule has 2 nitrogen and oxygen atoms in total. The summed E-state index contributed by atoms with van der Waals surface area (Å²) in [6, 6.07) is 10.8. The molecule has 0 aromatic heterocycles. The molecule has 152 valence electrons. The van der Waals surface area contributed by atoms with Crippen LogP contribution < -0.4 is 10.6 Å². The van der Waals surface area contributed by atoms with Crippen molar-refractivity contribution in [3.8, 4) is 5.75 Å². The van der Waals surface area contributed by atoms with Gasteiger partial charge in [0, 0.05) is 10.9 Å². The van der Waals surface area contributed by atoms with Crippen LogP contribution >= 0.6 is 17.9 Å². The van der Waals surface area contributed by atoms with Crippen LogP contribution in [0.2, 0.25) is 0 Å². The second-order valence-electron chi connectivity index (χ2n) is 9.13. The Morgan fingerprint density at radius 1 is 1.04 bits per heavy atom. The van der Waals surface area contributed by atoms with Crippen LogP contribution in [0.25, 0.3) is 5.32 Å². The normalized spacial score (nSPS) is 12.1. The minimum atomic E-state index is -0.0993. The third kappa shape index (κ3) is 6.58. The second kappa shape index (κ2) is 10.6. The van der Waals surface area contributed by atoms with Crippen molar-refractivity contribution < 1.29 is 24.5 Å². The van der Waals surface area contributed by atoms with E-state index in [0.717, 1.165) is 17.4 Å². The fourth-order valence-electron chi connectivity index (χ4n) is 3.08. The van der Waals surface area contributed by atoms with E-state index in [1.165, 1.54) is 41.4 Å². The van der Waals surface area contributed by atoms with Crippen LogP contribution in [0.15, 0.2) is 30.3 Å². The standard InChI is InChI=1S/C23H33NOP.ClH.Ti/c1-15-10-9-11-16(14-24-8)21(15)26-19-13-17(22(2,3)4)12-18(20(19)25)23(5,6)7;;/h9-13,25-26H,14H2,1-8H3;1H;/q-1;;+2/p-1. The van der Waals surface area contributed by atoms with E-state index < -0.39 is 0 Å². The van der Waals surface area contributed by atoms with E-state index in [1.54, 1.807) is 0 Å². The fraction of sp³-hybridized carbons (Fsp3) is 0.478. The van der Waals surface area contributed by atoms with Gasteiger partial charge in [-0.15, -0.1) is 6.54 Å². The van der Waals surface area contributed by atoms with Gasteiger partial charge in [0.2, 0.25) is 0 Å². The zero-order valence-corrected chi connectivity index (χ0v) is 21.7.